The van der Waals surface area contributed by atoms with Crippen molar-refractivity contribution in [3.8, 4) is 17.1 Å². The molecule has 1 aliphatic carbocycles. The molecule has 1 heterocycles. The summed E-state index contributed by atoms with van der Waals surface area (Å²) in [7, 11) is 0. The van der Waals surface area contributed by atoms with Crippen LogP contribution in [0.1, 0.15) is 31.2 Å². The summed E-state index contributed by atoms with van der Waals surface area (Å²) in [5.41, 5.74) is 3.10. The maximum Gasteiger partial charge on any atom is 0.196 e. The summed E-state index contributed by atoms with van der Waals surface area (Å²) in [5, 5.41) is 10.3. The van der Waals surface area contributed by atoms with Crippen LogP contribution < -0.4 is 0 Å². The Morgan fingerprint density at radius 3 is 2.59 bits per heavy atom. The second kappa shape index (κ2) is 7.87. The number of benzene rings is 2. The topological polar surface area (TPSA) is 47.8 Å². The predicted octanol–water partition coefficient (Wildman–Crippen LogP) is 5.50. The third-order valence-corrected chi connectivity index (χ3v) is 6.35. The largest absolute Gasteiger partial charge is 0.298 e. The summed E-state index contributed by atoms with van der Waals surface area (Å²) in [6.07, 6.45) is 3.66. The van der Waals surface area contributed by atoms with Gasteiger partial charge in [0.15, 0.2) is 11.0 Å². The number of aryl methyl sites for hydroxylation is 1. The predicted molar refractivity (Wildman–Crippen MR) is 110 cm³/mol. The Labute approximate surface area is 168 Å². The molecule has 0 bridgehead atoms. The first-order chi connectivity index (χ1) is 13.1. The van der Waals surface area contributed by atoms with Gasteiger partial charge >= 0.3 is 0 Å². The van der Waals surface area contributed by atoms with Crippen molar-refractivity contribution >= 4 is 29.1 Å². The number of rotatable bonds is 4. The smallest absolute Gasteiger partial charge is 0.196 e. The van der Waals surface area contributed by atoms with Crippen molar-refractivity contribution in [3.05, 3.63) is 59.1 Å². The van der Waals surface area contributed by atoms with Crippen LogP contribution in [0.5, 0.6) is 0 Å². The van der Waals surface area contributed by atoms with Crippen LogP contribution in [0.25, 0.3) is 17.1 Å². The number of thioether (sulfide) groups is 1. The van der Waals surface area contributed by atoms with Gasteiger partial charge in [-0.3, -0.25) is 9.36 Å². The SMILES string of the molecule is Cc1ccccc1-n1c(SC2CCCCC2=O)nnc1-c1ccc(Cl)cc1. The number of carbonyl (C=O) groups excluding carboxylic acids is 1. The van der Waals surface area contributed by atoms with Crippen molar-refractivity contribution in [2.24, 2.45) is 0 Å². The lowest BCUT2D eigenvalue weighted by Crippen LogP contribution is -2.21. The van der Waals surface area contributed by atoms with E-state index in [4.69, 9.17) is 11.6 Å². The van der Waals surface area contributed by atoms with Crippen LogP contribution in [-0.4, -0.2) is 25.8 Å². The summed E-state index contributed by atoms with van der Waals surface area (Å²) in [6, 6.07) is 15.8. The average molecular weight is 398 g/mol. The average Bonchev–Trinajstić information content (AvgIpc) is 3.08. The van der Waals surface area contributed by atoms with Crippen molar-refractivity contribution in [2.45, 2.75) is 43.0 Å². The second-order valence-electron chi connectivity index (χ2n) is 6.75. The fourth-order valence-corrected chi connectivity index (χ4v) is 4.66. The Balaban J connectivity index is 1.81. The van der Waals surface area contributed by atoms with Crippen molar-refractivity contribution < 1.29 is 4.79 Å². The van der Waals surface area contributed by atoms with Gasteiger partial charge in [-0.15, -0.1) is 10.2 Å². The van der Waals surface area contributed by atoms with E-state index in [9.17, 15) is 4.79 Å². The van der Waals surface area contributed by atoms with Crippen LogP contribution in [0, 0.1) is 6.92 Å². The molecule has 2 aromatic carbocycles. The van der Waals surface area contributed by atoms with E-state index in [0.29, 0.717) is 17.2 Å². The van der Waals surface area contributed by atoms with Gasteiger partial charge in [0.1, 0.15) is 5.78 Å². The molecule has 1 aromatic heterocycles. The zero-order valence-electron chi connectivity index (χ0n) is 15.1. The number of carbonyl (C=O) groups is 1. The van der Waals surface area contributed by atoms with Gasteiger partial charge in [-0.2, -0.15) is 0 Å². The van der Waals surface area contributed by atoms with E-state index in [0.717, 1.165) is 47.1 Å². The number of hydrogen-bond acceptors (Lipinski definition) is 4. The Hall–Kier alpha value is -2.11. The van der Waals surface area contributed by atoms with Gasteiger partial charge in [-0.05, 0) is 55.7 Å². The van der Waals surface area contributed by atoms with E-state index in [1.807, 2.05) is 36.4 Å². The molecule has 0 aliphatic heterocycles. The van der Waals surface area contributed by atoms with E-state index in [-0.39, 0.29) is 5.25 Å². The number of halogens is 1. The summed E-state index contributed by atoms with van der Waals surface area (Å²) in [4.78, 5) is 12.3. The van der Waals surface area contributed by atoms with Crippen LogP contribution in [0.2, 0.25) is 5.02 Å². The molecule has 0 N–H and O–H groups in total. The Kier molecular flexibility index (Phi) is 5.32. The highest BCUT2D eigenvalue weighted by atomic mass is 35.5. The molecule has 4 nitrogen and oxygen atoms in total. The van der Waals surface area contributed by atoms with Crippen molar-refractivity contribution in [2.75, 3.05) is 0 Å². The first-order valence-corrected chi connectivity index (χ1v) is 10.4. The first-order valence-electron chi connectivity index (χ1n) is 9.10. The molecule has 4 rings (SSSR count). The van der Waals surface area contributed by atoms with Crippen LogP contribution in [0.3, 0.4) is 0 Å². The van der Waals surface area contributed by atoms with Gasteiger partial charge in [0.2, 0.25) is 0 Å². The maximum absolute atomic E-state index is 12.3. The van der Waals surface area contributed by atoms with Crippen molar-refractivity contribution in [3.63, 3.8) is 0 Å². The Bertz CT molecular complexity index is 968. The van der Waals surface area contributed by atoms with E-state index in [1.165, 1.54) is 11.8 Å². The van der Waals surface area contributed by atoms with E-state index in [1.54, 1.807) is 0 Å². The summed E-state index contributed by atoms with van der Waals surface area (Å²) >= 11 is 7.58. The van der Waals surface area contributed by atoms with Crippen LogP contribution in [0.15, 0.2) is 53.7 Å². The fraction of sp³-hybridized carbons (Fsp3) is 0.286. The highest BCUT2D eigenvalue weighted by molar-refractivity contribution is 8.00. The quantitative estimate of drug-likeness (QED) is 0.583. The van der Waals surface area contributed by atoms with E-state index in [2.05, 4.69) is 33.8 Å². The van der Waals surface area contributed by atoms with Crippen LogP contribution in [0.4, 0.5) is 0 Å². The lowest BCUT2D eigenvalue weighted by molar-refractivity contribution is -0.119. The molecule has 1 saturated carbocycles. The molecular weight excluding hydrogens is 378 g/mol. The molecule has 1 atom stereocenters. The van der Waals surface area contributed by atoms with Gasteiger partial charge in [-0.25, -0.2) is 0 Å². The first kappa shape index (κ1) is 18.3. The third kappa shape index (κ3) is 3.80. The van der Waals surface area contributed by atoms with Crippen molar-refractivity contribution in [1.29, 1.82) is 0 Å². The van der Waals surface area contributed by atoms with Crippen molar-refractivity contribution in [1.82, 2.24) is 14.8 Å². The second-order valence-corrected chi connectivity index (χ2v) is 8.36. The molecule has 1 unspecified atom stereocenters. The molecule has 27 heavy (non-hydrogen) atoms. The van der Waals surface area contributed by atoms with Gasteiger partial charge in [0, 0.05) is 17.0 Å². The minimum atomic E-state index is -0.0382. The number of nitrogens with zero attached hydrogens (tertiary/aromatic N) is 3. The van der Waals surface area contributed by atoms with E-state index < -0.39 is 0 Å². The molecule has 0 amide bonds. The lowest BCUT2D eigenvalue weighted by atomic mass is 9.99. The molecular formula is C21H20ClN3OS. The Morgan fingerprint density at radius 2 is 1.85 bits per heavy atom. The number of Topliss-reactive ketones (excluding diaryl/α,β-unsaturated/α-hetero) is 1. The van der Waals surface area contributed by atoms with Crippen LogP contribution in [-0.2, 0) is 4.79 Å². The zero-order valence-corrected chi connectivity index (χ0v) is 16.6. The van der Waals surface area contributed by atoms with Gasteiger partial charge < -0.3 is 0 Å². The van der Waals surface area contributed by atoms with Gasteiger partial charge in [0.25, 0.3) is 0 Å². The highest BCUT2D eigenvalue weighted by Gasteiger charge is 2.27. The summed E-state index contributed by atoms with van der Waals surface area (Å²) in [5.74, 6) is 1.07. The van der Waals surface area contributed by atoms with E-state index >= 15 is 0 Å². The molecule has 0 spiro atoms. The Morgan fingerprint density at radius 1 is 1.07 bits per heavy atom. The zero-order chi connectivity index (χ0) is 18.8. The maximum atomic E-state index is 12.3. The molecule has 3 aromatic rings. The molecule has 0 saturated heterocycles. The number of ketones is 1. The summed E-state index contributed by atoms with van der Waals surface area (Å²) in [6.45, 7) is 2.07. The van der Waals surface area contributed by atoms with Crippen LogP contribution >= 0.6 is 23.4 Å². The number of hydrogen-bond donors (Lipinski definition) is 0. The molecule has 138 valence electrons. The minimum absolute atomic E-state index is 0.0382. The molecule has 6 heteroatoms. The molecule has 1 fully saturated rings. The third-order valence-electron chi connectivity index (χ3n) is 4.84. The molecule has 0 radical (unpaired) electrons. The number of aromatic nitrogens is 3. The number of para-hydroxylation sites is 1. The lowest BCUT2D eigenvalue weighted by Gasteiger charge is -2.20. The minimum Gasteiger partial charge on any atom is -0.298 e. The highest BCUT2D eigenvalue weighted by Crippen LogP contribution is 2.35. The normalized spacial score (nSPS) is 17.3. The standard InChI is InChI=1S/C21H20ClN3OS/c1-14-6-2-3-7-17(14)25-20(15-10-12-16(22)13-11-15)23-24-21(25)27-19-9-5-4-8-18(19)26/h2-3,6-7,10-13,19H,4-5,8-9H2,1H3. The van der Waals surface area contributed by atoms with Gasteiger partial charge in [-0.1, -0.05) is 48.0 Å². The monoisotopic (exact) mass is 397 g/mol. The fourth-order valence-electron chi connectivity index (χ4n) is 3.37. The van der Waals surface area contributed by atoms with Gasteiger partial charge in [0.05, 0.1) is 10.9 Å². The summed E-state index contributed by atoms with van der Waals surface area (Å²) < 4.78 is 2.06. The molecule has 1 aliphatic rings.